The molecule has 2 aromatic rings. The van der Waals surface area contributed by atoms with Crippen molar-refractivity contribution in [3.63, 3.8) is 0 Å². The Bertz CT molecular complexity index is 739. The van der Waals surface area contributed by atoms with E-state index in [1.165, 1.54) is 0 Å². The highest BCUT2D eigenvalue weighted by Gasteiger charge is 2.23. The van der Waals surface area contributed by atoms with Crippen molar-refractivity contribution in [3.8, 4) is 0 Å². The molecule has 4 heteroatoms. The van der Waals surface area contributed by atoms with Crippen molar-refractivity contribution >= 4 is 17.5 Å². The molecule has 1 atom stereocenters. The molecule has 0 saturated heterocycles. The summed E-state index contributed by atoms with van der Waals surface area (Å²) in [4.78, 5) is 25.1. The minimum atomic E-state index is -0.717. The minimum absolute atomic E-state index is 0.125. The Hall–Kier alpha value is -2.62. The Labute approximate surface area is 156 Å². The smallest absolute Gasteiger partial charge is 0.251 e. The molecule has 2 aromatic carbocycles. The van der Waals surface area contributed by atoms with E-state index in [2.05, 4.69) is 24.5 Å². The van der Waals surface area contributed by atoms with E-state index >= 15 is 0 Å². The molecule has 0 bridgehead atoms. The molecule has 138 valence electrons. The number of anilines is 1. The molecule has 0 heterocycles. The first kappa shape index (κ1) is 19.7. The number of benzene rings is 2. The van der Waals surface area contributed by atoms with Crippen LogP contribution < -0.4 is 10.6 Å². The van der Waals surface area contributed by atoms with Crippen LogP contribution >= 0.6 is 0 Å². The Morgan fingerprint density at radius 1 is 0.885 bits per heavy atom. The Balaban J connectivity index is 2.20. The van der Waals surface area contributed by atoms with E-state index in [-0.39, 0.29) is 17.7 Å². The summed E-state index contributed by atoms with van der Waals surface area (Å²) in [5.41, 5.74) is 2.66. The van der Waals surface area contributed by atoms with Gasteiger partial charge in [-0.1, -0.05) is 70.2 Å². The molecule has 26 heavy (non-hydrogen) atoms. The Morgan fingerprint density at radius 2 is 1.54 bits per heavy atom. The van der Waals surface area contributed by atoms with Crippen LogP contribution in [-0.2, 0) is 9.59 Å². The number of amides is 2. The summed E-state index contributed by atoms with van der Waals surface area (Å²) in [7, 11) is 0. The van der Waals surface area contributed by atoms with E-state index in [1.807, 2.05) is 68.4 Å². The lowest BCUT2D eigenvalue weighted by Gasteiger charge is -2.20. The van der Waals surface area contributed by atoms with Crippen molar-refractivity contribution in [1.29, 1.82) is 0 Å². The fourth-order valence-corrected chi connectivity index (χ4v) is 2.73. The molecule has 2 rings (SSSR count). The molecule has 0 radical (unpaired) electrons. The van der Waals surface area contributed by atoms with Gasteiger partial charge in [0.2, 0.25) is 5.91 Å². The summed E-state index contributed by atoms with van der Waals surface area (Å²) in [6.07, 6.45) is 0.388. The van der Waals surface area contributed by atoms with Gasteiger partial charge in [0.25, 0.3) is 5.91 Å². The lowest BCUT2D eigenvalue weighted by Crippen LogP contribution is -2.37. The summed E-state index contributed by atoms with van der Waals surface area (Å²) in [6, 6.07) is 16.4. The second kappa shape index (κ2) is 9.18. The van der Waals surface area contributed by atoms with Crippen LogP contribution in [0.5, 0.6) is 0 Å². The predicted octanol–water partition coefficient (Wildman–Crippen LogP) is 4.65. The number of hydrogen-bond acceptors (Lipinski definition) is 2. The quantitative estimate of drug-likeness (QED) is 0.762. The molecule has 0 fully saturated rings. The van der Waals surface area contributed by atoms with E-state index in [9.17, 15) is 9.59 Å². The van der Waals surface area contributed by atoms with Crippen LogP contribution in [0.25, 0.3) is 0 Å². The molecular weight excluding hydrogens is 324 g/mol. The van der Waals surface area contributed by atoms with E-state index in [4.69, 9.17) is 0 Å². The normalized spacial score (nSPS) is 12.1. The summed E-state index contributed by atoms with van der Waals surface area (Å²) in [5, 5.41) is 5.81. The van der Waals surface area contributed by atoms with Crippen LogP contribution in [0.15, 0.2) is 54.6 Å². The molecule has 0 aliphatic rings. The lowest BCUT2D eigenvalue weighted by molar-refractivity contribution is -0.127. The van der Waals surface area contributed by atoms with E-state index < -0.39 is 6.04 Å². The van der Waals surface area contributed by atoms with Crippen molar-refractivity contribution < 1.29 is 9.59 Å². The van der Waals surface area contributed by atoms with Gasteiger partial charge in [-0.2, -0.15) is 0 Å². The van der Waals surface area contributed by atoms with Gasteiger partial charge in [0, 0.05) is 12.1 Å². The fraction of sp³-hybridized carbons (Fsp3) is 0.364. The highest BCUT2D eigenvalue weighted by Crippen LogP contribution is 2.21. The average Bonchev–Trinajstić information content (AvgIpc) is 2.60. The molecule has 0 aliphatic heterocycles. The molecule has 2 amide bonds. The first-order valence-corrected chi connectivity index (χ1v) is 9.12. The third kappa shape index (κ3) is 5.73. The summed E-state index contributed by atoms with van der Waals surface area (Å²) >= 11 is 0. The average molecular weight is 352 g/mol. The van der Waals surface area contributed by atoms with Crippen molar-refractivity contribution in [1.82, 2.24) is 5.32 Å². The van der Waals surface area contributed by atoms with Crippen LogP contribution in [0.1, 0.15) is 57.2 Å². The van der Waals surface area contributed by atoms with Crippen molar-refractivity contribution in [2.24, 2.45) is 5.92 Å². The largest absolute Gasteiger partial charge is 0.341 e. The van der Waals surface area contributed by atoms with Crippen molar-refractivity contribution in [3.05, 3.63) is 65.7 Å². The number of hydrogen-bond donors (Lipinski definition) is 2. The van der Waals surface area contributed by atoms with Crippen molar-refractivity contribution in [2.45, 2.75) is 46.1 Å². The number of nitrogens with one attached hydrogen (secondary N) is 2. The zero-order chi connectivity index (χ0) is 19.1. The topological polar surface area (TPSA) is 58.2 Å². The van der Waals surface area contributed by atoms with Gasteiger partial charge >= 0.3 is 0 Å². The molecule has 2 N–H and O–H groups in total. The van der Waals surface area contributed by atoms with Crippen LogP contribution in [0.4, 0.5) is 5.69 Å². The maximum absolute atomic E-state index is 12.9. The lowest BCUT2D eigenvalue weighted by atomic mass is 10.0. The number of carbonyl (C=O) groups is 2. The van der Waals surface area contributed by atoms with Gasteiger partial charge < -0.3 is 10.6 Å². The van der Waals surface area contributed by atoms with E-state index in [1.54, 1.807) is 0 Å². The maximum Gasteiger partial charge on any atom is 0.251 e. The van der Waals surface area contributed by atoms with Crippen molar-refractivity contribution in [2.75, 3.05) is 5.32 Å². The van der Waals surface area contributed by atoms with Gasteiger partial charge in [-0.15, -0.1) is 0 Å². The fourth-order valence-electron chi connectivity index (χ4n) is 2.73. The van der Waals surface area contributed by atoms with Gasteiger partial charge in [0.15, 0.2) is 0 Å². The third-order valence-corrected chi connectivity index (χ3v) is 4.11. The first-order valence-electron chi connectivity index (χ1n) is 9.12. The van der Waals surface area contributed by atoms with Gasteiger partial charge in [-0.3, -0.25) is 9.59 Å². The molecule has 1 unspecified atom stereocenters. The van der Waals surface area contributed by atoms with Gasteiger partial charge in [0.1, 0.15) is 6.04 Å². The van der Waals surface area contributed by atoms with E-state index in [0.29, 0.717) is 12.3 Å². The third-order valence-electron chi connectivity index (χ3n) is 4.11. The Morgan fingerprint density at radius 3 is 2.15 bits per heavy atom. The highest BCUT2D eigenvalue weighted by molar-refractivity contribution is 5.98. The predicted molar refractivity (Wildman–Crippen MR) is 106 cm³/mol. The summed E-state index contributed by atoms with van der Waals surface area (Å²) in [6.45, 7) is 8.18. The second-order valence-electron chi connectivity index (χ2n) is 7.28. The molecule has 0 aromatic heterocycles. The molecule has 0 aliphatic carbocycles. The van der Waals surface area contributed by atoms with Gasteiger partial charge in [0.05, 0.1) is 0 Å². The van der Waals surface area contributed by atoms with Crippen LogP contribution in [0.3, 0.4) is 0 Å². The zero-order valence-electron chi connectivity index (χ0n) is 16.0. The maximum atomic E-state index is 12.9. The highest BCUT2D eigenvalue weighted by atomic mass is 16.2. The molecular formula is C22H28N2O2. The number of rotatable bonds is 7. The van der Waals surface area contributed by atoms with Crippen LogP contribution in [0.2, 0.25) is 0 Å². The SMILES string of the molecule is CC(C)CC(=O)NC(C(=O)Nc1cccc(C(C)C)c1)c1ccccc1. The minimum Gasteiger partial charge on any atom is -0.341 e. The Kier molecular flexibility index (Phi) is 6.96. The standard InChI is InChI=1S/C22H28N2O2/c1-15(2)13-20(25)24-21(17-9-6-5-7-10-17)22(26)23-19-12-8-11-18(14-19)16(3)4/h5-12,14-16,21H,13H2,1-4H3,(H,23,26)(H,24,25). The van der Waals surface area contributed by atoms with E-state index in [0.717, 1.165) is 16.8 Å². The summed E-state index contributed by atoms with van der Waals surface area (Å²) < 4.78 is 0. The van der Waals surface area contributed by atoms with Crippen LogP contribution in [-0.4, -0.2) is 11.8 Å². The molecule has 0 saturated carbocycles. The number of carbonyl (C=O) groups excluding carboxylic acids is 2. The van der Waals surface area contributed by atoms with Gasteiger partial charge in [-0.05, 0) is 35.1 Å². The zero-order valence-corrected chi connectivity index (χ0v) is 16.0. The van der Waals surface area contributed by atoms with Crippen LogP contribution in [0, 0.1) is 5.92 Å². The monoisotopic (exact) mass is 352 g/mol. The molecule has 0 spiro atoms. The van der Waals surface area contributed by atoms with Gasteiger partial charge in [-0.25, -0.2) is 0 Å². The summed E-state index contributed by atoms with van der Waals surface area (Å²) in [5.74, 6) is 0.244. The molecule has 4 nitrogen and oxygen atoms in total. The second-order valence-corrected chi connectivity index (χ2v) is 7.28. The first-order chi connectivity index (χ1) is 12.4.